The van der Waals surface area contributed by atoms with Gasteiger partial charge in [-0.1, -0.05) is 17.7 Å². The molecule has 0 fully saturated rings. The van der Waals surface area contributed by atoms with Crippen molar-refractivity contribution in [3.63, 3.8) is 0 Å². The summed E-state index contributed by atoms with van der Waals surface area (Å²) in [5, 5.41) is 13.8. The van der Waals surface area contributed by atoms with Gasteiger partial charge >= 0.3 is 6.18 Å². The lowest BCUT2D eigenvalue weighted by molar-refractivity contribution is -0.137. The van der Waals surface area contributed by atoms with Crippen molar-refractivity contribution in [3.8, 4) is 11.8 Å². The van der Waals surface area contributed by atoms with E-state index in [1.54, 1.807) is 24.3 Å². The van der Waals surface area contributed by atoms with Gasteiger partial charge in [-0.2, -0.15) is 18.4 Å². The molecule has 9 heteroatoms. The lowest BCUT2D eigenvalue weighted by atomic mass is 10.2. The average Bonchev–Trinajstić information content (AvgIpc) is 2.62. The molecule has 0 heterocycles. The van der Waals surface area contributed by atoms with E-state index < -0.39 is 22.7 Å². The first-order valence-corrected chi connectivity index (χ1v) is 8.23. The fourth-order valence-corrected chi connectivity index (χ4v) is 2.47. The van der Waals surface area contributed by atoms with Gasteiger partial charge in [0.15, 0.2) is 0 Å². The monoisotopic (exact) mass is 409 g/mol. The molecular weight excluding hydrogens is 395 g/mol. The van der Waals surface area contributed by atoms with Crippen molar-refractivity contribution in [2.24, 2.45) is 0 Å². The molecule has 2 N–H and O–H groups in total. The first-order chi connectivity index (χ1) is 13.2. The summed E-state index contributed by atoms with van der Waals surface area (Å²) < 4.78 is 43.9. The lowest BCUT2D eigenvalue weighted by Crippen LogP contribution is -2.15. The molecule has 0 saturated carbocycles. The van der Waals surface area contributed by atoms with Crippen LogP contribution in [0.4, 0.5) is 24.5 Å². The Morgan fingerprint density at radius 3 is 2.57 bits per heavy atom. The number of nitrogens with zero attached hydrogens (tertiary/aromatic N) is 1. The molecule has 0 aliphatic rings. The standard InChI is InChI=1S/C19H15ClF3N3O2/c1-11-3-6-17(28-2)16(7-11)26-18(27)12(9-24)10-25-13-4-5-15(20)14(8-13)19(21,22)23/h3-8,10,25H,1-2H3,(H,26,27)/b12-10-. The SMILES string of the molecule is COc1ccc(C)cc1NC(=O)/C(C#N)=C\Nc1ccc(Cl)c(C(F)(F)F)c1. The van der Waals surface area contributed by atoms with E-state index in [-0.39, 0.29) is 11.3 Å². The molecule has 0 radical (unpaired) electrons. The molecule has 5 nitrogen and oxygen atoms in total. The van der Waals surface area contributed by atoms with E-state index >= 15 is 0 Å². The van der Waals surface area contributed by atoms with Crippen LogP contribution in [-0.4, -0.2) is 13.0 Å². The molecular formula is C19H15ClF3N3O2. The zero-order chi connectivity index (χ0) is 20.9. The highest BCUT2D eigenvalue weighted by Gasteiger charge is 2.33. The van der Waals surface area contributed by atoms with Crippen LogP contribution in [0.15, 0.2) is 48.2 Å². The molecule has 0 unspecified atom stereocenters. The van der Waals surface area contributed by atoms with Crippen molar-refractivity contribution in [2.75, 3.05) is 17.7 Å². The van der Waals surface area contributed by atoms with Gasteiger partial charge in [-0.05, 0) is 42.8 Å². The summed E-state index contributed by atoms with van der Waals surface area (Å²) in [7, 11) is 1.43. The number of anilines is 2. The van der Waals surface area contributed by atoms with Gasteiger partial charge in [-0.15, -0.1) is 0 Å². The van der Waals surface area contributed by atoms with Crippen molar-refractivity contribution < 1.29 is 22.7 Å². The number of methoxy groups -OCH3 is 1. The van der Waals surface area contributed by atoms with Crippen LogP contribution in [0.2, 0.25) is 5.02 Å². The fourth-order valence-electron chi connectivity index (χ4n) is 2.25. The van der Waals surface area contributed by atoms with Crippen LogP contribution >= 0.6 is 11.6 Å². The Morgan fingerprint density at radius 2 is 1.96 bits per heavy atom. The van der Waals surface area contributed by atoms with E-state index in [9.17, 15) is 23.2 Å². The highest BCUT2D eigenvalue weighted by molar-refractivity contribution is 6.31. The maximum atomic E-state index is 12.9. The summed E-state index contributed by atoms with van der Waals surface area (Å²) in [5.41, 5.74) is -0.130. The van der Waals surface area contributed by atoms with Crippen molar-refractivity contribution in [2.45, 2.75) is 13.1 Å². The Kier molecular flexibility index (Phi) is 6.54. The van der Waals surface area contributed by atoms with Crippen LogP contribution in [0.25, 0.3) is 0 Å². The minimum absolute atomic E-state index is 0.0189. The Morgan fingerprint density at radius 1 is 1.25 bits per heavy atom. The van der Waals surface area contributed by atoms with Crippen LogP contribution in [0.1, 0.15) is 11.1 Å². The largest absolute Gasteiger partial charge is 0.495 e. The Hall–Kier alpha value is -3.18. The molecule has 2 aromatic carbocycles. The van der Waals surface area contributed by atoms with Gasteiger partial charge < -0.3 is 15.4 Å². The lowest BCUT2D eigenvalue weighted by Gasteiger charge is -2.12. The molecule has 0 atom stereocenters. The molecule has 28 heavy (non-hydrogen) atoms. The topological polar surface area (TPSA) is 74.1 Å². The van der Waals surface area contributed by atoms with E-state index in [0.29, 0.717) is 11.4 Å². The summed E-state index contributed by atoms with van der Waals surface area (Å²) in [5.74, 6) is -0.347. The normalized spacial score (nSPS) is 11.5. The van der Waals surface area contributed by atoms with E-state index in [1.807, 2.05) is 6.92 Å². The number of halogens is 4. The number of nitriles is 1. The Labute approximate surface area is 164 Å². The predicted molar refractivity (Wildman–Crippen MR) is 100 cm³/mol. The number of nitrogens with one attached hydrogen (secondary N) is 2. The zero-order valence-electron chi connectivity index (χ0n) is 14.8. The second-order valence-electron chi connectivity index (χ2n) is 5.66. The van der Waals surface area contributed by atoms with Crippen LogP contribution in [0.5, 0.6) is 5.75 Å². The number of amides is 1. The molecule has 2 aromatic rings. The molecule has 0 saturated heterocycles. The number of rotatable bonds is 5. The summed E-state index contributed by atoms with van der Waals surface area (Å²) in [6.45, 7) is 1.82. The van der Waals surface area contributed by atoms with E-state index in [2.05, 4.69) is 10.6 Å². The van der Waals surface area contributed by atoms with E-state index in [1.165, 1.54) is 13.2 Å². The van der Waals surface area contributed by atoms with Crippen LogP contribution < -0.4 is 15.4 Å². The molecule has 1 amide bonds. The number of alkyl halides is 3. The Bertz CT molecular complexity index is 966. The van der Waals surface area contributed by atoms with Gasteiger partial charge in [0.05, 0.1) is 23.4 Å². The molecule has 146 valence electrons. The summed E-state index contributed by atoms with van der Waals surface area (Å²) in [6, 6.07) is 9.96. The molecule has 0 spiro atoms. The molecule has 0 aliphatic carbocycles. The summed E-state index contributed by atoms with van der Waals surface area (Å²) in [6.07, 6.45) is -3.61. The predicted octanol–water partition coefficient (Wildman–Crippen LogP) is 5.13. The van der Waals surface area contributed by atoms with Gasteiger partial charge in [0, 0.05) is 11.9 Å². The number of carbonyl (C=O) groups is 1. The quantitative estimate of drug-likeness (QED) is 0.530. The third kappa shape index (κ3) is 5.18. The minimum Gasteiger partial charge on any atom is -0.495 e. The maximum Gasteiger partial charge on any atom is 0.417 e. The van der Waals surface area contributed by atoms with Crippen molar-refractivity contribution in [1.29, 1.82) is 5.26 Å². The second kappa shape index (κ2) is 8.67. The number of hydrogen-bond donors (Lipinski definition) is 2. The number of hydrogen-bond acceptors (Lipinski definition) is 4. The van der Waals surface area contributed by atoms with Gasteiger partial charge in [-0.3, -0.25) is 4.79 Å². The minimum atomic E-state index is -4.63. The van der Waals surface area contributed by atoms with Crippen molar-refractivity contribution in [3.05, 3.63) is 64.3 Å². The van der Waals surface area contributed by atoms with E-state index in [0.717, 1.165) is 23.9 Å². The third-order valence-corrected chi connectivity index (χ3v) is 3.95. The highest BCUT2D eigenvalue weighted by Crippen LogP contribution is 2.36. The molecule has 0 aliphatic heterocycles. The van der Waals surface area contributed by atoms with Gasteiger partial charge in [0.2, 0.25) is 0 Å². The number of carbonyl (C=O) groups excluding carboxylic acids is 1. The van der Waals surface area contributed by atoms with E-state index in [4.69, 9.17) is 16.3 Å². The highest BCUT2D eigenvalue weighted by atomic mass is 35.5. The first kappa shape index (κ1) is 21.1. The third-order valence-electron chi connectivity index (χ3n) is 3.62. The number of aryl methyl sites for hydroxylation is 1. The van der Waals surface area contributed by atoms with Crippen LogP contribution in [-0.2, 0) is 11.0 Å². The van der Waals surface area contributed by atoms with Gasteiger partial charge in [0.1, 0.15) is 17.4 Å². The first-order valence-electron chi connectivity index (χ1n) is 7.85. The average molecular weight is 410 g/mol. The molecule has 2 rings (SSSR count). The van der Waals surface area contributed by atoms with Crippen molar-refractivity contribution >= 4 is 28.9 Å². The maximum absolute atomic E-state index is 12.9. The number of benzene rings is 2. The molecule has 0 aromatic heterocycles. The number of ether oxygens (including phenoxy) is 1. The fraction of sp³-hybridized carbons (Fsp3) is 0.158. The van der Waals surface area contributed by atoms with Crippen LogP contribution in [0.3, 0.4) is 0 Å². The Balaban J connectivity index is 2.22. The summed E-state index contributed by atoms with van der Waals surface area (Å²) >= 11 is 5.56. The van der Waals surface area contributed by atoms with Gasteiger partial charge in [-0.25, -0.2) is 0 Å². The van der Waals surface area contributed by atoms with Crippen LogP contribution in [0, 0.1) is 18.3 Å². The zero-order valence-corrected chi connectivity index (χ0v) is 15.6. The van der Waals surface area contributed by atoms with Crippen molar-refractivity contribution in [1.82, 2.24) is 0 Å². The molecule has 0 bridgehead atoms. The summed E-state index contributed by atoms with van der Waals surface area (Å²) in [4.78, 5) is 12.3. The van der Waals surface area contributed by atoms with Gasteiger partial charge in [0.25, 0.3) is 5.91 Å². The second-order valence-corrected chi connectivity index (χ2v) is 6.07. The smallest absolute Gasteiger partial charge is 0.417 e.